The maximum absolute atomic E-state index is 15.8. The lowest BCUT2D eigenvalue weighted by Crippen LogP contribution is -2.81. The van der Waals surface area contributed by atoms with Gasteiger partial charge in [-0.2, -0.15) is 0 Å². The van der Waals surface area contributed by atoms with E-state index in [9.17, 15) is 48.6 Å². The summed E-state index contributed by atoms with van der Waals surface area (Å²) in [5, 5.41) is 32.9. The molecular formula is C78H103N8O15+. The number of ketones is 3. The fraction of sp³-hybridized carbons (Fsp3) is 0.577. The van der Waals surface area contributed by atoms with Gasteiger partial charge in [0, 0.05) is 146 Å². The normalized spacial score (nSPS) is 29.1. The molecule has 0 radical (unpaired) electrons. The van der Waals surface area contributed by atoms with Gasteiger partial charge in [-0.25, -0.2) is 9.59 Å². The highest BCUT2D eigenvalue weighted by Crippen LogP contribution is 2.68. The number of unbranched alkanes of at least 4 members (excludes halogenated alkanes) is 3. The summed E-state index contributed by atoms with van der Waals surface area (Å²) in [5.41, 5.74) is 4.44. The van der Waals surface area contributed by atoms with Crippen LogP contribution in [0, 0.1) is 22.7 Å². The third-order valence-corrected chi connectivity index (χ3v) is 24.5. The van der Waals surface area contributed by atoms with Crippen LogP contribution < -0.4 is 26.0 Å². The van der Waals surface area contributed by atoms with Gasteiger partial charge in [-0.15, -0.1) is 0 Å². The maximum Gasteiger partial charge on any atom is 0.344 e. The summed E-state index contributed by atoms with van der Waals surface area (Å²) in [6.07, 6.45) is 14.6. The van der Waals surface area contributed by atoms with E-state index in [0.717, 1.165) is 71.5 Å². The first-order valence-electron chi connectivity index (χ1n) is 36.3. The van der Waals surface area contributed by atoms with Crippen molar-refractivity contribution in [2.45, 2.75) is 184 Å². The number of benzene rings is 3. The summed E-state index contributed by atoms with van der Waals surface area (Å²) in [6, 6.07) is 19.0. The Bertz CT molecular complexity index is 3920. The van der Waals surface area contributed by atoms with Crippen LogP contribution in [0.25, 0.3) is 10.9 Å². The predicted molar refractivity (Wildman–Crippen MR) is 379 cm³/mol. The highest BCUT2D eigenvalue weighted by molar-refractivity contribution is 6.13. The topological polar surface area (TPSA) is 307 Å². The fourth-order valence-electron chi connectivity index (χ4n) is 19.8. The van der Waals surface area contributed by atoms with E-state index in [1.165, 1.54) is 50.7 Å². The van der Waals surface area contributed by atoms with E-state index in [1.54, 1.807) is 7.11 Å². The lowest BCUT2D eigenvalue weighted by Gasteiger charge is -2.63. The molecule has 12 rings (SSSR count). The van der Waals surface area contributed by atoms with Crippen molar-refractivity contribution in [3.63, 3.8) is 0 Å². The lowest BCUT2D eigenvalue weighted by molar-refractivity contribution is -0.954. The Kier molecular flexibility index (Phi) is 21.4. The molecule has 4 fully saturated rings. The molecule has 3 aromatic carbocycles. The number of para-hydroxylation sites is 1. The summed E-state index contributed by atoms with van der Waals surface area (Å²) >= 11 is 0. The Balaban J connectivity index is 0.000000262. The number of nitrogens with two attached hydrogens (primary N) is 1. The number of aromatic nitrogens is 1. The molecular weight excluding hydrogens is 1290 g/mol. The van der Waals surface area contributed by atoms with E-state index in [-0.39, 0.29) is 47.5 Å². The number of Topliss-reactive ketones (excluding diaryl/α,β-unsaturated/α-hetero) is 3. The van der Waals surface area contributed by atoms with E-state index >= 15 is 4.79 Å². The Morgan fingerprint density at radius 3 is 2.18 bits per heavy atom. The minimum Gasteiger partial charge on any atom is -0.496 e. The van der Waals surface area contributed by atoms with Gasteiger partial charge >= 0.3 is 23.9 Å². The van der Waals surface area contributed by atoms with Gasteiger partial charge in [-0.1, -0.05) is 75.6 Å². The first-order valence-corrected chi connectivity index (χ1v) is 36.3. The lowest BCUT2D eigenvalue weighted by atomic mass is 9.47. The highest BCUT2D eigenvalue weighted by Gasteiger charge is 2.80. The highest BCUT2D eigenvalue weighted by atomic mass is 16.6. The minimum absolute atomic E-state index is 0.0365. The van der Waals surface area contributed by atoms with Crippen molar-refractivity contribution >= 4 is 75.4 Å². The smallest absolute Gasteiger partial charge is 0.344 e. The third kappa shape index (κ3) is 13.0. The molecule has 101 heavy (non-hydrogen) atoms. The zero-order valence-electron chi connectivity index (χ0n) is 60.2. The molecule has 6 aliphatic heterocycles. The van der Waals surface area contributed by atoms with Crippen molar-refractivity contribution in [1.29, 1.82) is 0 Å². The van der Waals surface area contributed by atoms with Crippen LogP contribution in [0.1, 0.15) is 158 Å². The predicted octanol–water partition coefficient (Wildman–Crippen LogP) is 7.96. The summed E-state index contributed by atoms with van der Waals surface area (Å²) in [4.78, 5) is 125. The quantitative estimate of drug-likeness (QED) is 0.00660. The zero-order chi connectivity index (χ0) is 72.6. The number of anilines is 2. The summed E-state index contributed by atoms with van der Waals surface area (Å²) in [6.45, 7) is 11.6. The van der Waals surface area contributed by atoms with Crippen molar-refractivity contribution in [1.82, 2.24) is 20.1 Å². The van der Waals surface area contributed by atoms with Crippen LogP contribution in [0.15, 0.2) is 85.0 Å². The molecule has 7 heterocycles. The number of methoxy groups -OCH3 is 3. The molecule has 2 bridgehead atoms. The van der Waals surface area contributed by atoms with Gasteiger partial charge in [0.2, 0.25) is 5.60 Å². The molecule has 2 saturated carbocycles. The van der Waals surface area contributed by atoms with Crippen LogP contribution in [0.3, 0.4) is 0 Å². The van der Waals surface area contributed by atoms with Crippen molar-refractivity contribution in [3.05, 3.63) is 113 Å². The Hall–Kier alpha value is -8.25. The molecule has 4 amide bonds. The Labute approximate surface area is 591 Å². The third-order valence-electron chi connectivity index (χ3n) is 24.5. The van der Waals surface area contributed by atoms with Crippen LogP contribution in [-0.4, -0.2) is 193 Å². The van der Waals surface area contributed by atoms with E-state index in [4.69, 9.17) is 24.7 Å². The molecule has 7 N–H and O–H groups in total. The van der Waals surface area contributed by atoms with E-state index in [0.29, 0.717) is 139 Å². The molecule has 23 nitrogen and oxygen atoms in total. The number of likely N-dealkylation sites (N-methyl/N-ethyl adjacent to an activating group) is 1. The number of carbonyl (C=O) groups excluding carboxylic acids is 9. The molecule has 2 saturated heterocycles. The average Bonchev–Trinajstić information content (AvgIpc) is 1.50. The molecule has 23 heteroatoms. The fourth-order valence-corrected chi connectivity index (χ4v) is 19.8. The van der Waals surface area contributed by atoms with E-state index in [1.807, 2.05) is 44.1 Å². The van der Waals surface area contributed by atoms with Crippen LogP contribution in [0.4, 0.5) is 16.2 Å². The number of rotatable bonds is 26. The van der Waals surface area contributed by atoms with E-state index in [2.05, 4.69) is 82.1 Å². The molecule has 2 aliphatic carbocycles. The number of aromatic amines is 1. The van der Waals surface area contributed by atoms with Crippen LogP contribution in [0.5, 0.6) is 5.75 Å². The number of fused-ring (bicyclic) bond motifs is 6. The Morgan fingerprint density at radius 1 is 0.832 bits per heavy atom. The van der Waals surface area contributed by atoms with Gasteiger partial charge in [0.1, 0.15) is 47.2 Å². The zero-order valence-corrected chi connectivity index (χ0v) is 60.2. The van der Waals surface area contributed by atoms with Gasteiger partial charge in [0.05, 0.1) is 45.9 Å². The number of quaternary nitrogens is 1. The van der Waals surface area contributed by atoms with Gasteiger partial charge in [0.15, 0.2) is 6.10 Å². The number of imide groups is 1. The number of piperidine rings is 1. The first-order chi connectivity index (χ1) is 48.2. The monoisotopic (exact) mass is 1390 g/mol. The van der Waals surface area contributed by atoms with E-state index < -0.39 is 74.9 Å². The first kappa shape index (κ1) is 74.0. The SMILES string of the molecule is CC(=O)[C@H](CCCNC(N)=O)CC(=O)C1(C(=O)CCCCCCN2C(=O)C=CC2=O)CCC1.CC[C@]1(O)C[C@@H]2C[C@](C(=O)OC)(c3cc4c(cc3OC)N(C)[C@H]3[C@@](O)(C(=O)OC)[C@H](OC(C)=O)[C@]5(CC)C=CCN6CC[C@]43[C@@H]65)c3[nH]c4ccccc4c3CC[N+](Cc3ccc(NC)cc3)(C2)C1. The molecule has 1 aromatic heterocycles. The number of hydrogen-bond acceptors (Lipinski definition) is 18. The number of nitrogens with zero attached hydrogens (tertiary/aromatic N) is 4. The number of urea groups is 1. The number of esters is 3. The van der Waals surface area contributed by atoms with Crippen LogP contribution in [0.2, 0.25) is 0 Å². The number of amides is 4. The number of ether oxygens (including phenoxy) is 4. The number of nitrogens with one attached hydrogen (secondary N) is 3. The molecule has 1 spiro atoms. The van der Waals surface area contributed by atoms with Crippen LogP contribution >= 0.6 is 0 Å². The largest absolute Gasteiger partial charge is 0.496 e. The van der Waals surface area contributed by atoms with Crippen molar-refractivity contribution in [2.75, 3.05) is 91.5 Å². The average molecular weight is 1390 g/mol. The number of primary amides is 1. The summed E-state index contributed by atoms with van der Waals surface area (Å²) in [7, 11) is 8.12. The van der Waals surface area contributed by atoms with Crippen molar-refractivity contribution < 1.29 is 76.8 Å². The number of carbonyl (C=O) groups is 9. The van der Waals surface area contributed by atoms with Crippen molar-refractivity contribution in [2.24, 2.45) is 28.4 Å². The number of hydrogen-bond donors (Lipinski definition) is 6. The van der Waals surface area contributed by atoms with Gasteiger partial charge in [0.25, 0.3) is 11.8 Å². The molecule has 4 aromatic rings. The number of H-pyrrole nitrogens is 1. The number of aliphatic hydroxyl groups is 2. The van der Waals surface area contributed by atoms with Crippen molar-refractivity contribution in [3.8, 4) is 5.75 Å². The summed E-state index contributed by atoms with van der Waals surface area (Å²) in [5.74, 6) is -2.93. The molecule has 544 valence electrons. The van der Waals surface area contributed by atoms with Gasteiger partial charge < -0.3 is 59.9 Å². The second-order valence-electron chi connectivity index (χ2n) is 30.0. The minimum atomic E-state index is -2.32. The molecule has 8 aliphatic rings. The standard InChI is InChI=1S/C54H68N5O9.C24H35N3O6/c1-9-50(63)28-35-29-53(48(61)66-7,44-38(37-14-11-12-15-41(37)56-44)20-25-59(31-35,32-50)30-34-16-18-36(55-4)19-17-34)40-26-39-42(27-43(40)65-6)57(5)46-52(39)22-24-58-23-13-21-51(10-2,45(52)58)47(68-33(3)60)54(46,64)49(62)67-8;1-17(28)18(8-6-14-26-23(25)33)16-20(30)24(12-7-13-24)19(29)9-4-2-3-5-15-27-21(31)10-11-22(27)32/h11-19,21,26-27,35,45-47,55-56,63-64H,9-10,20,22-25,28-32H2,1-8H3;10-11,18H,2-9,12-16H2,1H3,(H3,25,26,33)/q+1;/t35-,45+,46-,47-,50+,51-,52-,53+,54+,59?;18-/m11/s1. The second kappa shape index (κ2) is 29.2. The van der Waals surface area contributed by atoms with Crippen LogP contribution in [-0.2, 0) is 76.4 Å². The maximum atomic E-state index is 15.8. The molecule has 1 unspecified atom stereocenters. The Morgan fingerprint density at radius 2 is 1.54 bits per heavy atom. The van der Waals surface area contributed by atoms with Gasteiger partial charge in [-0.05, 0) is 119 Å². The molecule has 11 atom stereocenters. The summed E-state index contributed by atoms with van der Waals surface area (Å²) < 4.78 is 25.0. The van der Waals surface area contributed by atoms with Gasteiger partial charge in [-0.3, -0.25) is 43.4 Å². The second-order valence-corrected chi connectivity index (χ2v) is 30.0.